The first-order valence-corrected chi connectivity index (χ1v) is 9.21. The molecule has 7 heteroatoms. The van der Waals surface area contributed by atoms with Gasteiger partial charge in [-0.2, -0.15) is 0 Å². The van der Waals surface area contributed by atoms with Crippen molar-refractivity contribution in [3.05, 3.63) is 33.9 Å². The average Bonchev–Trinajstić information content (AvgIpc) is 3.10. The first kappa shape index (κ1) is 16.8. The highest BCUT2D eigenvalue weighted by molar-refractivity contribution is 7.09. The van der Waals surface area contributed by atoms with Crippen molar-refractivity contribution >= 4 is 23.1 Å². The van der Waals surface area contributed by atoms with Gasteiger partial charge in [0.05, 0.1) is 10.7 Å². The standard InChI is InChI=1S/C17H23N5OS/c1-4-13-11-24-16(18-13)12-6-5-9-22(10-12)17(23)14-7-8-15(20-19-14)21(2)3/h7-8,11-12H,4-6,9-10H2,1-3H3. The lowest BCUT2D eigenvalue weighted by atomic mass is 9.98. The van der Waals surface area contributed by atoms with Crippen LogP contribution >= 0.6 is 11.3 Å². The van der Waals surface area contributed by atoms with Gasteiger partial charge in [0.1, 0.15) is 0 Å². The van der Waals surface area contributed by atoms with Crippen molar-refractivity contribution in [2.24, 2.45) is 0 Å². The van der Waals surface area contributed by atoms with Crippen molar-refractivity contribution in [2.75, 3.05) is 32.1 Å². The molecule has 1 fully saturated rings. The monoisotopic (exact) mass is 345 g/mol. The molecule has 0 N–H and O–H groups in total. The minimum atomic E-state index is -0.0372. The second-order valence-corrected chi connectivity index (χ2v) is 7.18. The van der Waals surface area contributed by atoms with Crippen LogP contribution in [-0.4, -0.2) is 53.2 Å². The summed E-state index contributed by atoms with van der Waals surface area (Å²) in [5.41, 5.74) is 1.55. The molecular weight excluding hydrogens is 322 g/mol. The molecule has 1 amide bonds. The second-order valence-electron chi connectivity index (χ2n) is 6.29. The van der Waals surface area contributed by atoms with Crippen molar-refractivity contribution in [1.82, 2.24) is 20.1 Å². The van der Waals surface area contributed by atoms with E-state index in [1.54, 1.807) is 17.4 Å². The quantitative estimate of drug-likeness (QED) is 0.852. The second kappa shape index (κ2) is 7.25. The van der Waals surface area contributed by atoms with Gasteiger partial charge in [-0.15, -0.1) is 21.5 Å². The van der Waals surface area contributed by atoms with E-state index in [2.05, 4.69) is 22.5 Å². The van der Waals surface area contributed by atoms with E-state index in [9.17, 15) is 4.79 Å². The highest BCUT2D eigenvalue weighted by Gasteiger charge is 2.28. The highest BCUT2D eigenvalue weighted by atomic mass is 32.1. The predicted octanol–water partition coefficient (Wildman–Crippen LogP) is 2.58. The summed E-state index contributed by atoms with van der Waals surface area (Å²) in [6.45, 7) is 3.61. The largest absolute Gasteiger partial charge is 0.361 e. The summed E-state index contributed by atoms with van der Waals surface area (Å²) >= 11 is 1.71. The number of aryl methyl sites for hydroxylation is 1. The summed E-state index contributed by atoms with van der Waals surface area (Å²) in [7, 11) is 3.80. The van der Waals surface area contributed by atoms with Crippen molar-refractivity contribution in [2.45, 2.75) is 32.1 Å². The maximum absolute atomic E-state index is 12.7. The lowest BCUT2D eigenvalue weighted by Crippen LogP contribution is -2.39. The van der Waals surface area contributed by atoms with Crippen LogP contribution in [0.1, 0.15) is 46.9 Å². The fourth-order valence-electron chi connectivity index (χ4n) is 2.88. The number of piperidine rings is 1. The van der Waals surface area contributed by atoms with Crippen LogP contribution in [0.25, 0.3) is 0 Å². The normalized spacial score (nSPS) is 17.8. The van der Waals surface area contributed by atoms with Gasteiger partial charge in [-0.3, -0.25) is 4.79 Å². The van der Waals surface area contributed by atoms with E-state index in [1.165, 1.54) is 0 Å². The summed E-state index contributed by atoms with van der Waals surface area (Å²) < 4.78 is 0. The molecule has 6 nitrogen and oxygen atoms in total. The van der Waals surface area contributed by atoms with Gasteiger partial charge in [0.2, 0.25) is 0 Å². The number of nitrogens with zero attached hydrogens (tertiary/aromatic N) is 5. The van der Waals surface area contributed by atoms with Crippen LogP contribution in [0.4, 0.5) is 5.82 Å². The molecule has 2 aromatic rings. The number of carbonyl (C=O) groups is 1. The number of likely N-dealkylation sites (tertiary alicyclic amines) is 1. The zero-order valence-corrected chi connectivity index (χ0v) is 15.2. The van der Waals surface area contributed by atoms with E-state index in [1.807, 2.05) is 30.0 Å². The van der Waals surface area contributed by atoms with Crippen molar-refractivity contribution in [3.8, 4) is 0 Å². The van der Waals surface area contributed by atoms with Gasteiger partial charge in [-0.25, -0.2) is 4.98 Å². The molecule has 0 radical (unpaired) electrons. The first-order chi connectivity index (χ1) is 11.6. The maximum atomic E-state index is 12.7. The zero-order valence-electron chi connectivity index (χ0n) is 14.4. The smallest absolute Gasteiger partial charge is 0.274 e. The Labute approximate surface area is 146 Å². The van der Waals surface area contributed by atoms with E-state index in [4.69, 9.17) is 4.98 Å². The third kappa shape index (κ3) is 3.56. The fraction of sp³-hybridized carbons (Fsp3) is 0.529. The topological polar surface area (TPSA) is 62.2 Å². The fourth-order valence-corrected chi connectivity index (χ4v) is 3.91. The number of amides is 1. The number of rotatable bonds is 4. The molecule has 2 aromatic heterocycles. The Morgan fingerprint density at radius 3 is 2.83 bits per heavy atom. The molecule has 24 heavy (non-hydrogen) atoms. The molecule has 0 saturated carbocycles. The molecular formula is C17H23N5OS. The molecule has 1 saturated heterocycles. The van der Waals surface area contributed by atoms with Crippen LogP contribution in [0.15, 0.2) is 17.5 Å². The van der Waals surface area contributed by atoms with E-state index < -0.39 is 0 Å². The minimum Gasteiger partial charge on any atom is -0.361 e. The number of anilines is 1. The first-order valence-electron chi connectivity index (χ1n) is 8.33. The molecule has 1 unspecified atom stereocenters. The number of aromatic nitrogens is 3. The summed E-state index contributed by atoms with van der Waals surface area (Å²) in [5.74, 6) is 1.05. The van der Waals surface area contributed by atoms with Gasteiger partial charge in [0.25, 0.3) is 5.91 Å². The Balaban J connectivity index is 1.70. The Hall–Kier alpha value is -2.02. The SMILES string of the molecule is CCc1csc(C2CCCN(C(=O)c3ccc(N(C)C)nn3)C2)n1. The van der Waals surface area contributed by atoms with Gasteiger partial charge < -0.3 is 9.80 Å². The van der Waals surface area contributed by atoms with Crippen LogP contribution in [-0.2, 0) is 6.42 Å². The average molecular weight is 345 g/mol. The van der Waals surface area contributed by atoms with Gasteiger partial charge in [-0.05, 0) is 31.4 Å². The molecule has 1 atom stereocenters. The maximum Gasteiger partial charge on any atom is 0.274 e. The molecule has 0 spiro atoms. The molecule has 3 heterocycles. The molecule has 0 bridgehead atoms. The zero-order chi connectivity index (χ0) is 17.1. The number of hydrogen-bond donors (Lipinski definition) is 0. The van der Waals surface area contributed by atoms with Crippen LogP contribution in [0.3, 0.4) is 0 Å². The summed E-state index contributed by atoms with van der Waals surface area (Å²) in [4.78, 5) is 21.2. The molecule has 3 rings (SSSR count). The van der Waals surface area contributed by atoms with Crippen LogP contribution < -0.4 is 4.90 Å². The number of carbonyl (C=O) groups excluding carboxylic acids is 1. The van der Waals surface area contributed by atoms with Gasteiger partial charge in [0.15, 0.2) is 11.5 Å². The lowest BCUT2D eigenvalue weighted by molar-refractivity contribution is 0.0700. The van der Waals surface area contributed by atoms with Gasteiger partial charge in [-0.1, -0.05) is 6.92 Å². The molecule has 0 aliphatic carbocycles. The van der Waals surface area contributed by atoms with E-state index >= 15 is 0 Å². The van der Waals surface area contributed by atoms with Crippen molar-refractivity contribution in [1.29, 1.82) is 0 Å². The molecule has 0 aromatic carbocycles. The van der Waals surface area contributed by atoms with Crippen LogP contribution in [0.2, 0.25) is 0 Å². The highest BCUT2D eigenvalue weighted by Crippen LogP contribution is 2.30. The summed E-state index contributed by atoms with van der Waals surface area (Å²) in [6, 6.07) is 3.59. The van der Waals surface area contributed by atoms with E-state index in [0.29, 0.717) is 18.2 Å². The van der Waals surface area contributed by atoms with E-state index in [0.717, 1.165) is 42.3 Å². The Morgan fingerprint density at radius 2 is 2.21 bits per heavy atom. The Morgan fingerprint density at radius 1 is 1.38 bits per heavy atom. The lowest BCUT2D eigenvalue weighted by Gasteiger charge is -2.31. The third-order valence-corrected chi connectivity index (χ3v) is 5.37. The number of hydrogen-bond acceptors (Lipinski definition) is 6. The van der Waals surface area contributed by atoms with Crippen LogP contribution in [0.5, 0.6) is 0 Å². The summed E-state index contributed by atoms with van der Waals surface area (Å²) in [5, 5.41) is 11.5. The minimum absolute atomic E-state index is 0.0372. The Bertz CT molecular complexity index is 697. The van der Waals surface area contributed by atoms with Crippen molar-refractivity contribution in [3.63, 3.8) is 0 Å². The number of thiazole rings is 1. The third-order valence-electron chi connectivity index (χ3n) is 4.32. The van der Waals surface area contributed by atoms with Gasteiger partial charge >= 0.3 is 0 Å². The Kier molecular flexibility index (Phi) is 5.08. The van der Waals surface area contributed by atoms with E-state index in [-0.39, 0.29) is 5.91 Å². The van der Waals surface area contributed by atoms with Gasteiger partial charge in [0, 0.05) is 38.5 Å². The predicted molar refractivity (Wildman–Crippen MR) is 95.7 cm³/mol. The molecule has 128 valence electrons. The van der Waals surface area contributed by atoms with Crippen molar-refractivity contribution < 1.29 is 4.79 Å². The summed E-state index contributed by atoms with van der Waals surface area (Å²) in [6.07, 6.45) is 3.05. The molecule has 1 aliphatic heterocycles. The van der Waals surface area contributed by atoms with Crippen LogP contribution in [0, 0.1) is 0 Å². The molecule has 1 aliphatic rings.